The van der Waals surface area contributed by atoms with Gasteiger partial charge in [0.15, 0.2) is 0 Å². The summed E-state index contributed by atoms with van der Waals surface area (Å²) in [6.07, 6.45) is 2.13. The molecule has 1 N–H and O–H groups in total. The second-order valence-corrected chi connectivity index (χ2v) is 7.37. The Labute approximate surface area is 165 Å². The van der Waals surface area contributed by atoms with Crippen LogP contribution >= 0.6 is 11.6 Å². The van der Waals surface area contributed by atoms with E-state index in [1.165, 1.54) is 17.0 Å². The maximum absolute atomic E-state index is 13.3. The zero-order chi connectivity index (χ0) is 19.8. The third kappa shape index (κ3) is 3.82. The number of halogens is 3. The van der Waals surface area contributed by atoms with Gasteiger partial charge in [-0.1, -0.05) is 11.6 Å². The number of nitrogens with zero attached hydrogens (tertiary/aromatic N) is 4. The Hall–Kier alpha value is -2.61. The number of rotatable bonds is 6. The van der Waals surface area contributed by atoms with Gasteiger partial charge in [0.25, 0.3) is 12.3 Å². The molecule has 1 aliphatic carbocycles. The van der Waals surface area contributed by atoms with E-state index in [0.717, 1.165) is 12.8 Å². The number of alkyl halides is 2. The molecule has 1 aromatic carbocycles. The van der Waals surface area contributed by atoms with Gasteiger partial charge in [0.1, 0.15) is 11.5 Å². The second kappa shape index (κ2) is 7.43. The Morgan fingerprint density at radius 2 is 2.11 bits per heavy atom. The van der Waals surface area contributed by atoms with Crippen LogP contribution in [0.2, 0.25) is 5.02 Å². The van der Waals surface area contributed by atoms with Crippen LogP contribution in [-0.2, 0) is 6.54 Å². The predicted molar refractivity (Wildman–Crippen MR) is 100 cm³/mol. The summed E-state index contributed by atoms with van der Waals surface area (Å²) >= 11 is 6.05. The van der Waals surface area contributed by atoms with Crippen LogP contribution in [0.4, 0.5) is 8.78 Å². The highest BCUT2D eigenvalue weighted by Gasteiger charge is 2.37. The molecule has 2 aromatic heterocycles. The van der Waals surface area contributed by atoms with Crippen molar-refractivity contribution in [1.82, 2.24) is 24.8 Å². The lowest BCUT2D eigenvalue weighted by Gasteiger charge is -2.19. The van der Waals surface area contributed by atoms with E-state index in [9.17, 15) is 13.6 Å². The van der Waals surface area contributed by atoms with Gasteiger partial charge in [0.05, 0.1) is 35.5 Å². The van der Waals surface area contributed by atoms with E-state index in [1.54, 1.807) is 25.1 Å². The summed E-state index contributed by atoms with van der Waals surface area (Å²) in [7, 11) is 0. The van der Waals surface area contributed by atoms with Crippen molar-refractivity contribution in [3.05, 3.63) is 52.8 Å². The van der Waals surface area contributed by atoms with E-state index >= 15 is 0 Å². The van der Waals surface area contributed by atoms with E-state index in [0.29, 0.717) is 27.6 Å². The number of amides is 1. The number of aryl methyl sites for hydroxylation is 1. The molecule has 0 spiro atoms. The van der Waals surface area contributed by atoms with Gasteiger partial charge < -0.3 is 9.88 Å². The zero-order valence-corrected chi connectivity index (χ0v) is 15.8. The summed E-state index contributed by atoms with van der Waals surface area (Å²) in [4.78, 5) is 25.4. The minimum atomic E-state index is -2.56. The highest BCUT2D eigenvalue weighted by atomic mass is 35.5. The van der Waals surface area contributed by atoms with Gasteiger partial charge in [-0.3, -0.25) is 9.78 Å². The number of aromatic nitrogens is 4. The van der Waals surface area contributed by atoms with Crippen LogP contribution in [0.5, 0.6) is 0 Å². The maximum Gasteiger partial charge on any atom is 0.272 e. The van der Waals surface area contributed by atoms with Crippen LogP contribution in [-0.4, -0.2) is 31.9 Å². The van der Waals surface area contributed by atoms with Crippen LogP contribution < -0.4 is 5.32 Å². The van der Waals surface area contributed by atoms with Crippen molar-refractivity contribution in [2.45, 2.75) is 38.8 Å². The molecule has 1 saturated carbocycles. The molecule has 0 radical (unpaired) electrons. The van der Waals surface area contributed by atoms with Crippen LogP contribution in [0.25, 0.3) is 11.0 Å². The highest BCUT2D eigenvalue weighted by Crippen LogP contribution is 2.42. The lowest BCUT2D eigenvalue weighted by atomic mass is 10.1. The van der Waals surface area contributed by atoms with Crippen LogP contribution in [0.15, 0.2) is 30.6 Å². The molecule has 28 heavy (non-hydrogen) atoms. The number of imidazole rings is 1. The fourth-order valence-corrected chi connectivity index (χ4v) is 3.40. The van der Waals surface area contributed by atoms with E-state index in [1.807, 2.05) is 0 Å². The molecule has 1 fully saturated rings. The first-order chi connectivity index (χ1) is 13.4. The summed E-state index contributed by atoms with van der Waals surface area (Å²) in [5.74, 6) is 0.151. The zero-order valence-electron chi connectivity index (χ0n) is 15.1. The Bertz CT molecular complexity index is 1020. The number of hydrogen-bond acceptors (Lipinski definition) is 4. The molecule has 146 valence electrons. The first-order valence-corrected chi connectivity index (χ1v) is 9.33. The summed E-state index contributed by atoms with van der Waals surface area (Å²) in [6, 6.07) is 4.49. The molecule has 0 saturated heterocycles. The quantitative estimate of drug-likeness (QED) is 0.674. The number of carbonyl (C=O) groups excluding carboxylic acids is 1. The standard InChI is InChI=1S/C19H18ClF2N5O/c1-10-7-24-14(8-23-10)19(28)26-17(11-2-3-11)18-25-13-5-4-12(20)6-15(13)27(18)9-16(21)22/h4-8,11,16-17H,2-3,9H2,1H3,(H,26,28)/t17-/m0/s1. The lowest BCUT2D eigenvalue weighted by Crippen LogP contribution is -2.33. The van der Waals surface area contributed by atoms with Crippen molar-refractivity contribution < 1.29 is 13.6 Å². The molecule has 4 rings (SSSR count). The second-order valence-electron chi connectivity index (χ2n) is 6.94. The Morgan fingerprint density at radius 3 is 2.75 bits per heavy atom. The maximum atomic E-state index is 13.3. The van der Waals surface area contributed by atoms with Crippen molar-refractivity contribution in [3.63, 3.8) is 0 Å². The summed E-state index contributed by atoms with van der Waals surface area (Å²) in [5, 5.41) is 3.36. The normalized spacial score (nSPS) is 15.2. The average molecular weight is 406 g/mol. The predicted octanol–water partition coefficient (Wildman–Crippen LogP) is 3.93. The highest BCUT2D eigenvalue weighted by molar-refractivity contribution is 6.31. The van der Waals surface area contributed by atoms with E-state index < -0.39 is 24.9 Å². The SMILES string of the molecule is Cc1cnc(C(=O)N[C@H](c2nc3ccc(Cl)cc3n2CC(F)F)C2CC2)cn1. The van der Waals surface area contributed by atoms with E-state index in [2.05, 4.69) is 20.3 Å². The van der Waals surface area contributed by atoms with Gasteiger partial charge in [-0.15, -0.1) is 0 Å². The van der Waals surface area contributed by atoms with Gasteiger partial charge in [-0.2, -0.15) is 0 Å². The molecule has 0 unspecified atom stereocenters. The monoisotopic (exact) mass is 405 g/mol. The number of benzene rings is 1. The fraction of sp³-hybridized carbons (Fsp3) is 0.368. The Morgan fingerprint density at radius 1 is 1.32 bits per heavy atom. The first-order valence-electron chi connectivity index (χ1n) is 8.95. The first kappa shape index (κ1) is 18.7. The van der Waals surface area contributed by atoms with Gasteiger partial charge in [-0.25, -0.2) is 18.7 Å². The van der Waals surface area contributed by atoms with Crippen LogP contribution in [0.1, 0.15) is 40.9 Å². The number of hydrogen-bond donors (Lipinski definition) is 1. The van der Waals surface area contributed by atoms with Crippen molar-refractivity contribution in [1.29, 1.82) is 0 Å². The van der Waals surface area contributed by atoms with E-state index in [4.69, 9.17) is 11.6 Å². The van der Waals surface area contributed by atoms with Gasteiger partial charge >= 0.3 is 0 Å². The lowest BCUT2D eigenvalue weighted by molar-refractivity contribution is 0.0921. The number of fused-ring (bicyclic) bond motifs is 1. The van der Waals surface area contributed by atoms with E-state index in [-0.39, 0.29) is 11.6 Å². The molecule has 3 aromatic rings. The molecule has 6 nitrogen and oxygen atoms in total. The topological polar surface area (TPSA) is 72.7 Å². The minimum Gasteiger partial charge on any atom is -0.340 e. The van der Waals surface area contributed by atoms with Crippen LogP contribution in [0, 0.1) is 12.8 Å². The van der Waals surface area contributed by atoms with Gasteiger partial charge in [0.2, 0.25) is 0 Å². The summed E-state index contributed by atoms with van der Waals surface area (Å²) < 4.78 is 28.0. The largest absolute Gasteiger partial charge is 0.340 e. The number of carbonyl (C=O) groups is 1. The Balaban J connectivity index is 1.72. The van der Waals surface area contributed by atoms with Crippen molar-refractivity contribution in [3.8, 4) is 0 Å². The summed E-state index contributed by atoms with van der Waals surface area (Å²) in [5.41, 5.74) is 1.97. The van der Waals surface area contributed by atoms with Crippen LogP contribution in [0.3, 0.4) is 0 Å². The molecule has 1 aliphatic rings. The smallest absolute Gasteiger partial charge is 0.272 e. The summed E-state index contributed by atoms with van der Waals surface area (Å²) in [6.45, 7) is 1.26. The van der Waals surface area contributed by atoms with Crippen molar-refractivity contribution in [2.24, 2.45) is 5.92 Å². The third-order valence-electron chi connectivity index (χ3n) is 4.73. The molecular weight excluding hydrogens is 388 g/mol. The van der Waals surface area contributed by atoms with Gasteiger partial charge in [0, 0.05) is 11.2 Å². The van der Waals surface area contributed by atoms with Crippen molar-refractivity contribution in [2.75, 3.05) is 0 Å². The molecule has 1 amide bonds. The third-order valence-corrected chi connectivity index (χ3v) is 4.97. The number of nitrogens with one attached hydrogen (secondary N) is 1. The minimum absolute atomic E-state index is 0.145. The molecule has 2 heterocycles. The average Bonchev–Trinajstić information content (AvgIpc) is 3.44. The van der Waals surface area contributed by atoms with Crippen molar-refractivity contribution >= 4 is 28.5 Å². The molecular formula is C19H18ClF2N5O. The molecule has 0 bridgehead atoms. The fourth-order valence-electron chi connectivity index (χ4n) is 3.23. The van der Waals surface area contributed by atoms with Gasteiger partial charge in [-0.05, 0) is 43.9 Å². The molecule has 9 heteroatoms. The molecule has 1 atom stereocenters. The molecule has 0 aliphatic heterocycles. The Kier molecular flexibility index (Phi) is 4.97.